The van der Waals surface area contributed by atoms with Crippen LogP contribution in [0.5, 0.6) is 5.75 Å². The molecule has 4 rings (SSSR count). The van der Waals surface area contributed by atoms with E-state index in [4.69, 9.17) is 4.74 Å². The average Bonchev–Trinajstić information content (AvgIpc) is 3.20. The van der Waals surface area contributed by atoms with Crippen LogP contribution in [-0.4, -0.2) is 46.4 Å². The number of aliphatic hydroxyl groups excluding tert-OH is 1. The number of methoxy groups -OCH3 is 1. The topological polar surface area (TPSA) is 87.7 Å². The van der Waals surface area contributed by atoms with Crippen molar-refractivity contribution in [2.75, 3.05) is 26.8 Å². The number of nitrogens with one attached hydrogen (secondary N) is 2. The fourth-order valence-electron chi connectivity index (χ4n) is 5.96. The van der Waals surface area contributed by atoms with E-state index in [1.54, 1.807) is 25.3 Å². The summed E-state index contributed by atoms with van der Waals surface area (Å²) in [6.45, 7) is 1.76. The SMILES string of the molecule is COc1ccc2c(c1)CCC(NCC1CCC(CNS(=O)(=O)C3=CCC=CC=C3)CC1)C2CCCO. The molecule has 2 unspecified atom stereocenters. The molecule has 6 nitrogen and oxygen atoms in total. The maximum Gasteiger partial charge on any atom is 0.240 e. The van der Waals surface area contributed by atoms with Crippen LogP contribution in [0.25, 0.3) is 0 Å². The number of ether oxygens (including phenoxy) is 1. The Balaban J connectivity index is 1.25. The van der Waals surface area contributed by atoms with E-state index in [1.807, 2.05) is 12.2 Å². The van der Waals surface area contributed by atoms with Crippen LogP contribution in [0.1, 0.15) is 68.4 Å². The zero-order valence-corrected chi connectivity index (χ0v) is 22.3. The summed E-state index contributed by atoms with van der Waals surface area (Å²) in [5.41, 5.74) is 2.78. The first-order valence-electron chi connectivity index (χ1n) is 13.5. The third-order valence-electron chi connectivity index (χ3n) is 8.10. The van der Waals surface area contributed by atoms with Crippen LogP contribution in [0, 0.1) is 11.8 Å². The number of allylic oxidation sites excluding steroid dienone is 5. The Bertz CT molecular complexity index is 1060. The molecule has 0 radical (unpaired) electrons. The summed E-state index contributed by atoms with van der Waals surface area (Å²) in [6.07, 6.45) is 18.0. The second kappa shape index (κ2) is 13.0. The minimum atomic E-state index is -3.44. The highest BCUT2D eigenvalue weighted by atomic mass is 32.2. The van der Waals surface area contributed by atoms with Crippen molar-refractivity contribution in [1.29, 1.82) is 0 Å². The van der Waals surface area contributed by atoms with E-state index in [9.17, 15) is 13.5 Å². The van der Waals surface area contributed by atoms with Gasteiger partial charge in [-0.05, 0) is 111 Å². The Kier molecular flexibility index (Phi) is 9.82. The fraction of sp³-hybridized carbons (Fsp3) is 0.586. The molecule has 0 amide bonds. The predicted molar refractivity (Wildman–Crippen MR) is 146 cm³/mol. The first-order valence-corrected chi connectivity index (χ1v) is 15.0. The molecular weight excluding hydrogens is 472 g/mol. The van der Waals surface area contributed by atoms with Crippen molar-refractivity contribution in [3.63, 3.8) is 0 Å². The second-order valence-corrected chi connectivity index (χ2v) is 12.2. The molecule has 1 aromatic rings. The van der Waals surface area contributed by atoms with Crippen molar-refractivity contribution >= 4 is 10.0 Å². The van der Waals surface area contributed by atoms with E-state index in [1.165, 1.54) is 11.1 Å². The fourth-order valence-corrected chi connectivity index (χ4v) is 7.15. The normalized spacial score (nSPS) is 26.2. The van der Waals surface area contributed by atoms with Gasteiger partial charge in [0.2, 0.25) is 10.0 Å². The van der Waals surface area contributed by atoms with E-state index in [0.717, 1.165) is 63.7 Å². The Morgan fingerprint density at radius 2 is 1.83 bits per heavy atom. The zero-order chi connectivity index (χ0) is 25.4. The average molecular weight is 515 g/mol. The van der Waals surface area contributed by atoms with E-state index >= 15 is 0 Å². The van der Waals surface area contributed by atoms with E-state index < -0.39 is 10.0 Å². The minimum absolute atomic E-state index is 0.229. The van der Waals surface area contributed by atoms with Gasteiger partial charge >= 0.3 is 0 Å². The maximum atomic E-state index is 12.7. The van der Waals surface area contributed by atoms with Gasteiger partial charge in [0.25, 0.3) is 0 Å². The Morgan fingerprint density at radius 1 is 1.06 bits per heavy atom. The lowest BCUT2D eigenvalue weighted by molar-refractivity contribution is 0.242. The van der Waals surface area contributed by atoms with Gasteiger partial charge in [-0.15, -0.1) is 0 Å². The Hall–Kier alpha value is -1.93. The summed E-state index contributed by atoms with van der Waals surface area (Å²) in [7, 11) is -1.73. The van der Waals surface area contributed by atoms with Crippen molar-refractivity contribution in [3.8, 4) is 5.75 Å². The van der Waals surface area contributed by atoms with Crippen LogP contribution in [-0.2, 0) is 16.4 Å². The number of hydrogen-bond acceptors (Lipinski definition) is 5. The van der Waals surface area contributed by atoms with Gasteiger partial charge in [-0.3, -0.25) is 0 Å². The van der Waals surface area contributed by atoms with Crippen LogP contribution in [0.3, 0.4) is 0 Å². The van der Waals surface area contributed by atoms with Gasteiger partial charge in [0, 0.05) is 19.2 Å². The summed E-state index contributed by atoms with van der Waals surface area (Å²) < 4.78 is 33.6. The molecule has 0 heterocycles. The molecule has 7 heteroatoms. The minimum Gasteiger partial charge on any atom is -0.497 e. The third-order valence-corrected chi connectivity index (χ3v) is 9.57. The zero-order valence-electron chi connectivity index (χ0n) is 21.5. The van der Waals surface area contributed by atoms with Crippen LogP contribution in [0.2, 0.25) is 0 Å². The summed E-state index contributed by atoms with van der Waals surface area (Å²) >= 11 is 0. The first kappa shape index (κ1) is 27.1. The third kappa shape index (κ3) is 7.09. The lowest BCUT2D eigenvalue weighted by Gasteiger charge is -2.36. The molecule has 3 aliphatic rings. The van der Waals surface area contributed by atoms with Crippen LogP contribution in [0.15, 0.2) is 53.5 Å². The van der Waals surface area contributed by atoms with Crippen LogP contribution >= 0.6 is 0 Å². The number of fused-ring (bicyclic) bond motifs is 1. The van der Waals surface area contributed by atoms with Gasteiger partial charge in [0.05, 0.1) is 12.0 Å². The molecule has 1 fully saturated rings. The van der Waals surface area contributed by atoms with Gasteiger partial charge in [0.1, 0.15) is 5.75 Å². The van der Waals surface area contributed by atoms with Gasteiger partial charge in [-0.1, -0.05) is 30.4 Å². The maximum absolute atomic E-state index is 12.7. The van der Waals surface area contributed by atoms with Crippen molar-refractivity contribution in [1.82, 2.24) is 10.0 Å². The smallest absolute Gasteiger partial charge is 0.240 e. The molecule has 0 saturated heterocycles. The molecule has 1 saturated carbocycles. The first-order chi connectivity index (χ1) is 17.5. The molecule has 198 valence electrons. The number of aliphatic hydroxyl groups is 1. The van der Waals surface area contributed by atoms with Gasteiger partial charge in [-0.2, -0.15) is 0 Å². The van der Waals surface area contributed by atoms with Crippen molar-refractivity contribution in [2.45, 2.75) is 69.7 Å². The van der Waals surface area contributed by atoms with Crippen molar-refractivity contribution in [3.05, 3.63) is 64.6 Å². The number of benzene rings is 1. The second-order valence-electron chi connectivity index (χ2n) is 10.5. The summed E-state index contributed by atoms with van der Waals surface area (Å²) in [6, 6.07) is 6.88. The lowest BCUT2D eigenvalue weighted by atomic mass is 9.76. The van der Waals surface area contributed by atoms with Gasteiger partial charge in [0.15, 0.2) is 0 Å². The Morgan fingerprint density at radius 3 is 2.58 bits per heavy atom. The van der Waals surface area contributed by atoms with Gasteiger partial charge < -0.3 is 15.2 Å². The standard InChI is InChI=1S/C29H42N2O4S/c1-35-25-15-16-27-24(19-25)14-17-29(28(27)9-6-18-32)30-20-22-10-12-23(13-11-22)21-31-36(33,34)26-7-4-2-3-5-8-26/h2-4,7-8,15-16,19,22-23,28-32H,5-6,9-14,17-18,20-21H2,1H3. The van der Waals surface area contributed by atoms with E-state index in [0.29, 0.717) is 41.7 Å². The van der Waals surface area contributed by atoms with Crippen LogP contribution < -0.4 is 14.8 Å². The number of aryl methyl sites for hydroxylation is 1. The Labute approximate surface area is 217 Å². The molecule has 3 N–H and O–H groups in total. The van der Waals surface area contributed by atoms with Crippen LogP contribution in [0.4, 0.5) is 0 Å². The largest absolute Gasteiger partial charge is 0.497 e. The number of rotatable bonds is 11. The quantitative estimate of drug-likeness (QED) is 0.402. The molecule has 0 bridgehead atoms. The molecular formula is C29H42N2O4S. The number of sulfonamides is 1. The predicted octanol–water partition coefficient (Wildman–Crippen LogP) is 4.58. The summed E-state index contributed by atoms with van der Waals surface area (Å²) in [5.74, 6) is 2.37. The molecule has 0 aromatic heterocycles. The lowest BCUT2D eigenvalue weighted by Crippen LogP contribution is -2.41. The molecule has 2 atom stereocenters. The molecule has 0 spiro atoms. The monoisotopic (exact) mass is 514 g/mol. The number of hydrogen-bond donors (Lipinski definition) is 3. The van der Waals surface area contributed by atoms with E-state index in [2.05, 4.69) is 28.2 Å². The van der Waals surface area contributed by atoms with Gasteiger partial charge in [-0.25, -0.2) is 13.1 Å². The van der Waals surface area contributed by atoms with Crippen molar-refractivity contribution in [2.24, 2.45) is 11.8 Å². The molecule has 36 heavy (non-hydrogen) atoms. The molecule has 3 aliphatic carbocycles. The highest BCUT2D eigenvalue weighted by Crippen LogP contribution is 2.37. The molecule has 0 aliphatic heterocycles. The van der Waals surface area contributed by atoms with E-state index in [-0.39, 0.29) is 6.61 Å². The van der Waals surface area contributed by atoms with Crippen molar-refractivity contribution < 1.29 is 18.3 Å². The highest BCUT2D eigenvalue weighted by molar-refractivity contribution is 7.93. The summed E-state index contributed by atoms with van der Waals surface area (Å²) in [4.78, 5) is 0.369. The highest BCUT2D eigenvalue weighted by Gasteiger charge is 2.30. The summed E-state index contributed by atoms with van der Waals surface area (Å²) in [5, 5.41) is 13.4. The molecule has 1 aromatic carbocycles.